The lowest BCUT2D eigenvalue weighted by atomic mass is 10.2. The van der Waals surface area contributed by atoms with Crippen LogP contribution in [-0.2, 0) is 6.54 Å². The number of hydrogen-bond donors (Lipinski definition) is 1. The lowest BCUT2D eigenvalue weighted by Gasteiger charge is -2.09. The summed E-state index contributed by atoms with van der Waals surface area (Å²) < 4.78 is 8.66. The van der Waals surface area contributed by atoms with E-state index in [0.717, 1.165) is 0 Å². The molecule has 3 heterocycles. The molecule has 0 saturated carbocycles. The molecular formula is C19H15N5O3. The highest BCUT2D eigenvalue weighted by Crippen LogP contribution is 2.20. The van der Waals surface area contributed by atoms with Crippen molar-refractivity contribution in [2.45, 2.75) is 6.54 Å². The third kappa shape index (κ3) is 3.54. The first kappa shape index (κ1) is 16.5. The maximum Gasteiger partial charge on any atom is 0.291 e. The van der Waals surface area contributed by atoms with Crippen molar-refractivity contribution < 1.29 is 9.21 Å². The number of nitrogens with one attached hydrogen (secondary N) is 1. The molecule has 0 saturated heterocycles. The first-order valence-electron chi connectivity index (χ1n) is 8.20. The maximum atomic E-state index is 12.5. The number of hydrogen-bond acceptors (Lipinski definition) is 5. The van der Waals surface area contributed by atoms with Crippen LogP contribution in [0.2, 0.25) is 0 Å². The summed E-state index contributed by atoms with van der Waals surface area (Å²) in [6.07, 6.45) is 4.63. The zero-order chi connectivity index (χ0) is 18.6. The summed E-state index contributed by atoms with van der Waals surface area (Å²) in [7, 11) is 0. The van der Waals surface area contributed by atoms with Gasteiger partial charge in [-0.3, -0.25) is 9.59 Å². The SMILES string of the molecule is O=C(Nc1ccccc1-n1cncn1)c1ccc(Cn2ccccc2=O)o1. The van der Waals surface area contributed by atoms with Crippen molar-refractivity contribution in [3.8, 4) is 5.69 Å². The predicted octanol–water partition coefficient (Wildman–Crippen LogP) is 2.32. The second kappa shape index (κ2) is 7.12. The fraction of sp³-hybridized carbons (Fsp3) is 0.0526. The molecule has 0 unspecified atom stereocenters. The number of benzene rings is 1. The molecule has 3 aromatic heterocycles. The van der Waals surface area contributed by atoms with Crippen LogP contribution in [-0.4, -0.2) is 25.2 Å². The Bertz CT molecular complexity index is 1130. The van der Waals surface area contributed by atoms with Crippen LogP contribution in [0.3, 0.4) is 0 Å². The predicted molar refractivity (Wildman–Crippen MR) is 97.8 cm³/mol. The monoisotopic (exact) mass is 361 g/mol. The number of para-hydroxylation sites is 2. The van der Waals surface area contributed by atoms with Crippen molar-refractivity contribution in [3.63, 3.8) is 0 Å². The molecule has 27 heavy (non-hydrogen) atoms. The van der Waals surface area contributed by atoms with Gasteiger partial charge in [0, 0.05) is 12.3 Å². The average Bonchev–Trinajstić information content (AvgIpc) is 3.36. The molecule has 1 amide bonds. The van der Waals surface area contributed by atoms with E-state index in [1.54, 1.807) is 47.5 Å². The van der Waals surface area contributed by atoms with E-state index in [-0.39, 0.29) is 17.9 Å². The molecule has 0 spiro atoms. The van der Waals surface area contributed by atoms with Crippen molar-refractivity contribution in [2.75, 3.05) is 5.32 Å². The van der Waals surface area contributed by atoms with E-state index in [4.69, 9.17) is 4.42 Å². The number of nitrogens with zero attached hydrogens (tertiary/aromatic N) is 4. The van der Waals surface area contributed by atoms with E-state index in [9.17, 15) is 9.59 Å². The number of amides is 1. The minimum atomic E-state index is -0.394. The summed E-state index contributed by atoms with van der Waals surface area (Å²) in [6.45, 7) is 0.252. The smallest absolute Gasteiger partial charge is 0.291 e. The standard InChI is InChI=1S/C19H15N5O3/c25-18-7-3-4-10-23(18)11-14-8-9-17(27-14)19(26)22-15-5-1-2-6-16(15)24-13-20-12-21-24/h1-10,12-13H,11H2,(H,22,26). The van der Waals surface area contributed by atoms with Crippen LogP contribution in [0, 0.1) is 0 Å². The van der Waals surface area contributed by atoms with Crippen molar-refractivity contribution in [1.82, 2.24) is 19.3 Å². The first-order valence-corrected chi connectivity index (χ1v) is 8.20. The number of rotatable bonds is 5. The second-order valence-electron chi connectivity index (χ2n) is 5.74. The highest BCUT2D eigenvalue weighted by atomic mass is 16.4. The Labute approximate surface area is 153 Å². The van der Waals surface area contributed by atoms with Gasteiger partial charge in [-0.1, -0.05) is 18.2 Å². The minimum absolute atomic E-state index is 0.137. The Morgan fingerprint density at radius 2 is 1.93 bits per heavy atom. The number of carbonyl (C=O) groups excluding carboxylic acids is 1. The molecule has 0 atom stereocenters. The van der Waals surface area contributed by atoms with Gasteiger partial charge in [-0.25, -0.2) is 9.67 Å². The lowest BCUT2D eigenvalue weighted by molar-refractivity contribution is 0.0994. The van der Waals surface area contributed by atoms with Gasteiger partial charge in [0.15, 0.2) is 5.76 Å². The fourth-order valence-electron chi connectivity index (χ4n) is 2.64. The van der Waals surface area contributed by atoms with Gasteiger partial charge in [0.25, 0.3) is 11.5 Å². The van der Waals surface area contributed by atoms with E-state index in [2.05, 4.69) is 15.4 Å². The highest BCUT2D eigenvalue weighted by molar-refractivity contribution is 6.03. The Hall–Kier alpha value is -3.94. The van der Waals surface area contributed by atoms with Crippen LogP contribution in [0.25, 0.3) is 5.69 Å². The Balaban J connectivity index is 1.53. The molecule has 0 fully saturated rings. The molecule has 4 aromatic rings. The molecular weight excluding hydrogens is 346 g/mol. The largest absolute Gasteiger partial charge is 0.454 e. The maximum absolute atomic E-state index is 12.5. The van der Waals surface area contributed by atoms with Gasteiger partial charge >= 0.3 is 0 Å². The molecule has 0 radical (unpaired) electrons. The molecule has 0 bridgehead atoms. The third-order valence-corrected chi connectivity index (χ3v) is 3.93. The number of carbonyl (C=O) groups is 1. The molecule has 8 heteroatoms. The van der Waals surface area contributed by atoms with Crippen LogP contribution in [0.4, 0.5) is 5.69 Å². The van der Waals surface area contributed by atoms with E-state index in [1.807, 2.05) is 18.2 Å². The van der Waals surface area contributed by atoms with Gasteiger partial charge in [0.2, 0.25) is 0 Å². The molecule has 0 aliphatic heterocycles. The van der Waals surface area contributed by atoms with Gasteiger partial charge in [-0.15, -0.1) is 0 Å². The number of aromatic nitrogens is 4. The Morgan fingerprint density at radius 3 is 2.74 bits per heavy atom. The van der Waals surface area contributed by atoms with Crippen LogP contribution in [0.1, 0.15) is 16.3 Å². The minimum Gasteiger partial charge on any atom is -0.454 e. The fourth-order valence-corrected chi connectivity index (χ4v) is 2.64. The topological polar surface area (TPSA) is 95.0 Å². The number of anilines is 1. The molecule has 0 aliphatic carbocycles. The van der Waals surface area contributed by atoms with Gasteiger partial charge in [-0.2, -0.15) is 5.10 Å². The summed E-state index contributed by atoms with van der Waals surface area (Å²) in [5, 5.41) is 6.90. The van der Waals surface area contributed by atoms with Crippen LogP contribution >= 0.6 is 0 Å². The summed E-state index contributed by atoms with van der Waals surface area (Å²) in [5.74, 6) is 0.273. The van der Waals surface area contributed by atoms with Crippen molar-refractivity contribution in [2.24, 2.45) is 0 Å². The zero-order valence-corrected chi connectivity index (χ0v) is 14.1. The molecule has 0 aliphatic rings. The zero-order valence-electron chi connectivity index (χ0n) is 14.1. The molecule has 1 N–H and O–H groups in total. The lowest BCUT2D eigenvalue weighted by Crippen LogP contribution is -2.18. The van der Waals surface area contributed by atoms with Gasteiger partial charge in [-0.05, 0) is 30.3 Å². The summed E-state index contributed by atoms with van der Waals surface area (Å²) in [4.78, 5) is 28.3. The molecule has 8 nitrogen and oxygen atoms in total. The Morgan fingerprint density at radius 1 is 1.07 bits per heavy atom. The Kier molecular flexibility index (Phi) is 4.36. The number of furan rings is 1. The van der Waals surface area contributed by atoms with Crippen molar-refractivity contribution >= 4 is 11.6 Å². The number of pyridine rings is 1. The van der Waals surface area contributed by atoms with Crippen molar-refractivity contribution in [3.05, 3.63) is 95.3 Å². The van der Waals surface area contributed by atoms with E-state index >= 15 is 0 Å². The normalized spacial score (nSPS) is 10.7. The summed E-state index contributed by atoms with van der Waals surface area (Å²) >= 11 is 0. The van der Waals surface area contributed by atoms with E-state index in [1.165, 1.54) is 17.0 Å². The van der Waals surface area contributed by atoms with Crippen LogP contribution in [0.15, 0.2) is 82.7 Å². The van der Waals surface area contributed by atoms with Crippen LogP contribution in [0.5, 0.6) is 0 Å². The molecule has 134 valence electrons. The third-order valence-electron chi connectivity index (χ3n) is 3.93. The first-order chi connectivity index (χ1) is 13.2. The van der Waals surface area contributed by atoms with E-state index < -0.39 is 5.91 Å². The van der Waals surface area contributed by atoms with Gasteiger partial charge in [0.05, 0.1) is 17.9 Å². The summed E-state index contributed by atoms with van der Waals surface area (Å²) in [6, 6.07) is 15.4. The van der Waals surface area contributed by atoms with Gasteiger partial charge in [0.1, 0.15) is 18.4 Å². The van der Waals surface area contributed by atoms with Crippen molar-refractivity contribution in [1.29, 1.82) is 0 Å². The van der Waals surface area contributed by atoms with E-state index in [0.29, 0.717) is 17.1 Å². The van der Waals surface area contributed by atoms with Crippen LogP contribution < -0.4 is 10.9 Å². The molecule has 1 aromatic carbocycles. The quantitative estimate of drug-likeness (QED) is 0.589. The second-order valence-corrected chi connectivity index (χ2v) is 5.74. The average molecular weight is 361 g/mol. The van der Waals surface area contributed by atoms with Gasteiger partial charge < -0.3 is 14.3 Å². The summed E-state index contributed by atoms with van der Waals surface area (Å²) in [5.41, 5.74) is 1.12. The highest BCUT2D eigenvalue weighted by Gasteiger charge is 2.14. The molecule has 4 rings (SSSR count).